The summed E-state index contributed by atoms with van der Waals surface area (Å²) in [5, 5.41) is 7.47. The molecule has 0 aliphatic rings. The predicted molar refractivity (Wildman–Crippen MR) is 62.7 cm³/mol. The van der Waals surface area contributed by atoms with E-state index in [4.69, 9.17) is 4.74 Å². The maximum Gasteiger partial charge on any atom is 0.157 e. The molecule has 0 saturated carbocycles. The van der Waals surface area contributed by atoms with Crippen molar-refractivity contribution in [2.75, 3.05) is 19.0 Å². The standard InChI is InChI=1S/C11H16N4O/c1-8-4-10(12-6-9(2)16-3)15-11(5-8)13-7-14-15/h4-5,7,9,12H,6H2,1-3H3. The maximum atomic E-state index is 5.19. The molecular weight excluding hydrogens is 204 g/mol. The first-order chi connectivity index (χ1) is 7.70. The minimum atomic E-state index is 0.166. The largest absolute Gasteiger partial charge is 0.380 e. The molecule has 86 valence electrons. The number of anilines is 1. The number of pyridine rings is 1. The lowest BCUT2D eigenvalue weighted by Crippen LogP contribution is -2.19. The Morgan fingerprint density at radius 1 is 1.50 bits per heavy atom. The van der Waals surface area contributed by atoms with Crippen LogP contribution in [0.5, 0.6) is 0 Å². The summed E-state index contributed by atoms with van der Waals surface area (Å²) in [5.41, 5.74) is 2.01. The Kier molecular flexibility index (Phi) is 3.05. The van der Waals surface area contributed by atoms with Crippen LogP contribution in [0.4, 0.5) is 5.82 Å². The van der Waals surface area contributed by atoms with Crippen molar-refractivity contribution in [3.63, 3.8) is 0 Å². The molecule has 0 fully saturated rings. The zero-order valence-electron chi connectivity index (χ0n) is 9.77. The molecule has 2 aromatic heterocycles. The number of hydrogen-bond donors (Lipinski definition) is 1. The van der Waals surface area contributed by atoms with Crippen LogP contribution in [0.15, 0.2) is 18.5 Å². The summed E-state index contributed by atoms with van der Waals surface area (Å²) in [6.07, 6.45) is 1.72. The average Bonchev–Trinajstić information content (AvgIpc) is 2.73. The first-order valence-electron chi connectivity index (χ1n) is 5.28. The summed E-state index contributed by atoms with van der Waals surface area (Å²) >= 11 is 0. The van der Waals surface area contributed by atoms with Gasteiger partial charge in [-0.25, -0.2) is 4.98 Å². The van der Waals surface area contributed by atoms with Crippen molar-refractivity contribution >= 4 is 11.5 Å². The van der Waals surface area contributed by atoms with Crippen molar-refractivity contribution < 1.29 is 4.74 Å². The number of ether oxygens (including phenoxy) is 1. The van der Waals surface area contributed by atoms with Gasteiger partial charge in [-0.15, -0.1) is 0 Å². The molecule has 0 saturated heterocycles. The summed E-state index contributed by atoms with van der Waals surface area (Å²) in [4.78, 5) is 4.17. The Morgan fingerprint density at radius 2 is 2.31 bits per heavy atom. The van der Waals surface area contributed by atoms with Crippen molar-refractivity contribution in [1.29, 1.82) is 0 Å². The van der Waals surface area contributed by atoms with Crippen LogP contribution < -0.4 is 5.32 Å². The van der Waals surface area contributed by atoms with Gasteiger partial charge in [0, 0.05) is 13.7 Å². The van der Waals surface area contributed by atoms with Crippen molar-refractivity contribution in [3.8, 4) is 0 Å². The summed E-state index contributed by atoms with van der Waals surface area (Å²) < 4.78 is 6.97. The second-order valence-corrected chi connectivity index (χ2v) is 3.88. The number of nitrogens with one attached hydrogen (secondary N) is 1. The van der Waals surface area contributed by atoms with Gasteiger partial charge in [0.1, 0.15) is 12.1 Å². The van der Waals surface area contributed by atoms with E-state index in [1.54, 1.807) is 18.0 Å². The van der Waals surface area contributed by atoms with E-state index in [9.17, 15) is 0 Å². The van der Waals surface area contributed by atoms with Gasteiger partial charge in [-0.3, -0.25) is 0 Å². The van der Waals surface area contributed by atoms with Gasteiger partial charge in [-0.05, 0) is 31.5 Å². The Balaban J connectivity index is 2.25. The number of aromatic nitrogens is 3. The number of nitrogens with zero attached hydrogens (tertiary/aromatic N) is 3. The van der Waals surface area contributed by atoms with E-state index in [1.165, 1.54) is 0 Å². The molecule has 0 aliphatic heterocycles. The number of methoxy groups -OCH3 is 1. The Hall–Kier alpha value is -1.62. The van der Waals surface area contributed by atoms with Crippen molar-refractivity contribution in [1.82, 2.24) is 14.6 Å². The maximum absolute atomic E-state index is 5.19. The third kappa shape index (κ3) is 2.14. The summed E-state index contributed by atoms with van der Waals surface area (Å²) in [7, 11) is 1.70. The quantitative estimate of drug-likeness (QED) is 0.848. The van der Waals surface area contributed by atoms with Crippen molar-refractivity contribution in [2.24, 2.45) is 0 Å². The first-order valence-corrected chi connectivity index (χ1v) is 5.28. The third-order valence-electron chi connectivity index (χ3n) is 2.50. The van der Waals surface area contributed by atoms with Crippen LogP contribution in [0.25, 0.3) is 5.65 Å². The van der Waals surface area contributed by atoms with Gasteiger partial charge < -0.3 is 10.1 Å². The molecule has 0 radical (unpaired) electrons. The van der Waals surface area contributed by atoms with Gasteiger partial charge in [-0.1, -0.05) is 0 Å². The fraction of sp³-hybridized carbons (Fsp3) is 0.455. The van der Waals surface area contributed by atoms with Gasteiger partial charge in [0.25, 0.3) is 0 Å². The highest BCUT2D eigenvalue weighted by molar-refractivity contribution is 5.51. The molecule has 2 aromatic rings. The lowest BCUT2D eigenvalue weighted by molar-refractivity contribution is 0.128. The van der Waals surface area contributed by atoms with Crippen molar-refractivity contribution in [2.45, 2.75) is 20.0 Å². The van der Waals surface area contributed by atoms with Crippen LogP contribution >= 0.6 is 0 Å². The third-order valence-corrected chi connectivity index (χ3v) is 2.50. The highest BCUT2D eigenvalue weighted by atomic mass is 16.5. The van der Waals surface area contributed by atoms with Gasteiger partial charge >= 0.3 is 0 Å². The lowest BCUT2D eigenvalue weighted by atomic mass is 10.3. The molecule has 0 spiro atoms. The number of aryl methyl sites for hydroxylation is 1. The molecule has 1 unspecified atom stereocenters. The fourth-order valence-corrected chi connectivity index (χ4v) is 1.51. The number of rotatable bonds is 4. The van der Waals surface area contributed by atoms with E-state index < -0.39 is 0 Å². The number of hydrogen-bond acceptors (Lipinski definition) is 4. The minimum absolute atomic E-state index is 0.166. The van der Waals surface area contributed by atoms with E-state index in [-0.39, 0.29) is 6.10 Å². The first kappa shape index (κ1) is 10.9. The topological polar surface area (TPSA) is 51.5 Å². The zero-order valence-corrected chi connectivity index (χ0v) is 9.77. The van der Waals surface area contributed by atoms with Crippen LogP contribution in [0.2, 0.25) is 0 Å². The highest BCUT2D eigenvalue weighted by Gasteiger charge is 2.05. The van der Waals surface area contributed by atoms with Gasteiger partial charge in [0.05, 0.1) is 6.10 Å². The Labute approximate surface area is 94.4 Å². The normalized spacial score (nSPS) is 12.9. The van der Waals surface area contributed by atoms with Gasteiger partial charge in [0.15, 0.2) is 5.65 Å². The van der Waals surface area contributed by atoms with Crippen molar-refractivity contribution in [3.05, 3.63) is 24.0 Å². The molecule has 0 amide bonds. The SMILES string of the molecule is COC(C)CNc1cc(C)cc2ncnn12. The molecule has 0 aliphatic carbocycles. The second-order valence-electron chi connectivity index (χ2n) is 3.88. The van der Waals surface area contributed by atoms with Crippen LogP contribution in [-0.2, 0) is 4.74 Å². The summed E-state index contributed by atoms with van der Waals surface area (Å²) in [6.45, 7) is 4.80. The van der Waals surface area contributed by atoms with Crippen LogP contribution in [0, 0.1) is 6.92 Å². The zero-order chi connectivity index (χ0) is 11.5. The average molecular weight is 220 g/mol. The predicted octanol–water partition coefficient (Wildman–Crippen LogP) is 1.48. The van der Waals surface area contributed by atoms with Crippen LogP contribution in [-0.4, -0.2) is 34.4 Å². The van der Waals surface area contributed by atoms with Gasteiger partial charge in [0.2, 0.25) is 0 Å². The van der Waals surface area contributed by atoms with E-state index in [0.717, 1.165) is 23.6 Å². The summed E-state index contributed by atoms with van der Waals surface area (Å²) in [6, 6.07) is 4.04. The van der Waals surface area contributed by atoms with E-state index >= 15 is 0 Å². The fourth-order valence-electron chi connectivity index (χ4n) is 1.51. The lowest BCUT2D eigenvalue weighted by Gasteiger charge is -2.13. The molecule has 2 heterocycles. The van der Waals surface area contributed by atoms with E-state index in [0.29, 0.717) is 0 Å². The molecule has 5 heteroatoms. The Morgan fingerprint density at radius 3 is 3.06 bits per heavy atom. The van der Waals surface area contributed by atoms with Crippen LogP contribution in [0.3, 0.4) is 0 Å². The van der Waals surface area contributed by atoms with E-state index in [2.05, 4.69) is 15.4 Å². The molecular formula is C11H16N4O. The smallest absolute Gasteiger partial charge is 0.157 e. The Bertz CT molecular complexity index is 480. The molecule has 16 heavy (non-hydrogen) atoms. The summed E-state index contributed by atoms with van der Waals surface area (Å²) in [5.74, 6) is 0.941. The van der Waals surface area contributed by atoms with E-state index in [1.807, 2.05) is 26.0 Å². The molecule has 2 rings (SSSR count). The molecule has 1 atom stereocenters. The highest BCUT2D eigenvalue weighted by Crippen LogP contribution is 2.13. The molecule has 1 N–H and O–H groups in total. The molecule has 0 bridgehead atoms. The van der Waals surface area contributed by atoms with Gasteiger partial charge in [-0.2, -0.15) is 9.61 Å². The molecule has 5 nitrogen and oxygen atoms in total. The van der Waals surface area contributed by atoms with Crippen LogP contribution in [0.1, 0.15) is 12.5 Å². The monoisotopic (exact) mass is 220 g/mol. The minimum Gasteiger partial charge on any atom is -0.380 e. The second kappa shape index (κ2) is 4.49. The molecule has 0 aromatic carbocycles. The number of fused-ring (bicyclic) bond motifs is 1.